The number of para-hydroxylation sites is 1. The van der Waals surface area contributed by atoms with Crippen LogP contribution in [0, 0.1) is 18.8 Å². The average molecular weight is 546 g/mol. The molecule has 0 bridgehead atoms. The molecule has 0 aliphatic heterocycles. The minimum Gasteiger partial charge on any atom is -0.381 e. The van der Waals surface area contributed by atoms with E-state index in [0.717, 1.165) is 44.6 Å². The number of nitrogens with two attached hydrogens (primary N) is 2. The predicted molar refractivity (Wildman–Crippen MR) is 157 cm³/mol. The fourth-order valence-electron chi connectivity index (χ4n) is 4.49. The van der Waals surface area contributed by atoms with E-state index in [2.05, 4.69) is 45.3 Å². The smallest absolute Gasteiger partial charge is 0.264 e. The van der Waals surface area contributed by atoms with Crippen LogP contribution < -0.4 is 17.0 Å². The van der Waals surface area contributed by atoms with Crippen molar-refractivity contribution in [3.8, 4) is 17.5 Å². The lowest BCUT2D eigenvalue weighted by Crippen LogP contribution is -2.22. The van der Waals surface area contributed by atoms with E-state index in [-0.39, 0.29) is 16.9 Å². The van der Waals surface area contributed by atoms with Crippen LogP contribution in [0.1, 0.15) is 39.8 Å². The van der Waals surface area contributed by atoms with Crippen molar-refractivity contribution in [2.75, 3.05) is 5.73 Å². The Kier molecular flexibility index (Phi) is 7.30. The number of nitrogen functional groups attached to an aromatic ring is 1. The van der Waals surface area contributed by atoms with Gasteiger partial charge >= 0.3 is 0 Å². The molecule has 0 aliphatic carbocycles. The molecule has 11 nitrogen and oxygen atoms in total. The van der Waals surface area contributed by atoms with Gasteiger partial charge in [-0.1, -0.05) is 49.1 Å². The van der Waals surface area contributed by atoms with Crippen LogP contribution in [0.15, 0.2) is 77.9 Å². The topological polar surface area (TPSA) is 152 Å². The molecule has 11 heteroatoms. The lowest BCUT2D eigenvalue weighted by atomic mass is 10.0. The number of carbonyl (C=O) groups excluding carboxylic acids is 1. The molecule has 0 aliphatic rings. The van der Waals surface area contributed by atoms with Crippen molar-refractivity contribution in [1.82, 2.24) is 34.4 Å². The second-order valence-corrected chi connectivity index (χ2v) is 9.17. The molecule has 0 spiro atoms. The zero-order valence-corrected chi connectivity index (χ0v) is 22.7. The van der Waals surface area contributed by atoms with Crippen LogP contribution in [0.4, 0.5) is 5.82 Å². The number of carbonyl (C=O) groups is 1. The fourth-order valence-corrected chi connectivity index (χ4v) is 4.49. The third-order valence-corrected chi connectivity index (χ3v) is 6.68. The molecule has 6 rings (SSSR count). The van der Waals surface area contributed by atoms with Gasteiger partial charge in [-0.2, -0.15) is 5.10 Å². The number of hydrogen-bond donors (Lipinski definition) is 2. The first-order chi connectivity index (χ1) is 19.8. The van der Waals surface area contributed by atoms with Crippen molar-refractivity contribution in [3.63, 3.8) is 0 Å². The second-order valence-electron chi connectivity index (χ2n) is 9.17. The molecule has 0 saturated heterocycles. The molecule has 0 atom stereocenters. The highest BCUT2D eigenvalue weighted by molar-refractivity contribution is 6.03. The van der Waals surface area contributed by atoms with E-state index in [1.165, 1.54) is 6.20 Å². The van der Waals surface area contributed by atoms with E-state index in [4.69, 9.17) is 11.5 Å². The first-order valence-corrected chi connectivity index (χ1v) is 12.8. The zero-order chi connectivity index (χ0) is 29.1. The van der Waals surface area contributed by atoms with Crippen LogP contribution in [-0.2, 0) is 13.5 Å². The third-order valence-electron chi connectivity index (χ3n) is 6.68. The lowest BCUT2D eigenvalue weighted by Gasteiger charge is -2.14. The maximum absolute atomic E-state index is 13.5. The highest BCUT2D eigenvalue weighted by Crippen LogP contribution is 2.20. The van der Waals surface area contributed by atoms with Crippen LogP contribution >= 0.6 is 0 Å². The van der Waals surface area contributed by atoms with E-state index in [1.54, 1.807) is 21.5 Å². The Balaban J connectivity index is 0.000000216. The van der Waals surface area contributed by atoms with E-state index < -0.39 is 5.91 Å². The van der Waals surface area contributed by atoms with Gasteiger partial charge in [0.25, 0.3) is 11.5 Å². The highest BCUT2D eigenvalue weighted by atomic mass is 16.1. The minimum absolute atomic E-state index is 0.0339. The zero-order valence-electron chi connectivity index (χ0n) is 22.7. The Hall–Kier alpha value is -5.76. The Morgan fingerprint density at radius 2 is 1.78 bits per heavy atom. The van der Waals surface area contributed by atoms with Gasteiger partial charge in [0.1, 0.15) is 11.1 Å². The number of primary amides is 1. The molecule has 4 N–H and O–H groups in total. The summed E-state index contributed by atoms with van der Waals surface area (Å²) >= 11 is 0. The Morgan fingerprint density at radius 3 is 2.46 bits per heavy atom. The van der Waals surface area contributed by atoms with Gasteiger partial charge in [0.05, 0.1) is 29.0 Å². The number of fused-ring (bicyclic) bond motifs is 2. The SMILES string of the molecule is CCc1cc2cccc(C#Cc3cnn(C)c3C)c2c(=O)n1-c1ccccc1.NC(=O)c1c(N)nn2nnccc12. The summed E-state index contributed by atoms with van der Waals surface area (Å²) in [5, 5.41) is 16.7. The average Bonchev–Trinajstić information content (AvgIpc) is 3.49. The number of nitrogens with zero attached hydrogens (tertiary/aromatic N) is 7. The summed E-state index contributed by atoms with van der Waals surface area (Å²) in [6.45, 7) is 4.05. The van der Waals surface area contributed by atoms with Crippen LogP contribution in [0.5, 0.6) is 0 Å². The molecule has 4 heterocycles. The quantitative estimate of drug-likeness (QED) is 0.324. The predicted octanol–water partition coefficient (Wildman–Crippen LogP) is 2.80. The van der Waals surface area contributed by atoms with Gasteiger partial charge in [-0.3, -0.25) is 18.8 Å². The van der Waals surface area contributed by atoms with Crippen molar-refractivity contribution in [3.05, 3.63) is 111 Å². The van der Waals surface area contributed by atoms with Crippen LogP contribution in [0.3, 0.4) is 0 Å². The standard InChI is InChI=1S/C24H21N3O.C6H6N6O/c1-4-21-15-19-10-8-9-18(13-14-20-16-25-26(3)17(20)2)23(19)24(28)27(21)22-11-6-5-7-12-22;7-5-4(6(8)13)3-1-2-9-11-12(3)10-5/h5-12,15-16H,4H2,1-3H3;1-2H,(H2,7,10)(H2,8,13). The number of aryl methyl sites for hydroxylation is 2. The molecular formula is C30H27N9O2. The summed E-state index contributed by atoms with van der Waals surface area (Å²) in [6.07, 6.45) is 3.96. The Morgan fingerprint density at radius 1 is 1.02 bits per heavy atom. The van der Waals surface area contributed by atoms with Crippen molar-refractivity contribution in [1.29, 1.82) is 0 Å². The molecule has 1 amide bonds. The molecule has 41 heavy (non-hydrogen) atoms. The van der Waals surface area contributed by atoms with Gasteiger partial charge in [0, 0.05) is 24.0 Å². The molecule has 204 valence electrons. The molecule has 0 radical (unpaired) electrons. The number of anilines is 1. The molecule has 0 unspecified atom stereocenters. The van der Waals surface area contributed by atoms with Gasteiger partial charge in [-0.25, -0.2) is 0 Å². The number of aromatic nitrogens is 7. The highest BCUT2D eigenvalue weighted by Gasteiger charge is 2.15. The molecule has 0 fully saturated rings. The fraction of sp³-hybridized carbons (Fsp3) is 0.133. The number of amides is 1. The van der Waals surface area contributed by atoms with E-state index in [9.17, 15) is 9.59 Å². The molecule has 0 saturated carbocycles. The maximum atomic E-state index is 13.5. The Bertz CT molecular complexity index is 2030. The van der Waals surface area contributed by atoms with Gasteiger partial charge in [-0.05, 0) is 54.3 Å². The summed E-state index contributed by atoms with van der Waals surface area (Å²) in [5.41, 5.74) is 15.6. The molecule has 2 aromatic carbocycles. The monoisotopic (exact) mass is 545 g/mol. The summed E-state index contributed by atoms with van der Waals surface area (Å²) in [5.74, 6) is 5.81. The van der Waals surface area contributed by atoms with Gasteiger partial charge in [-0.15, -0.1) is 14.8 Å². The summed E-state index contributed by atoms with van der Waals surface area (Å²) in [4.78, 5) is 24.4. The number of rotatable bonds is 3. The van der Waals surface area contributed by atoms with E-state index >= 15 is 0 Å². The normalized spacial score (nSPS) is 10.6. The van der Waals surface area contributed by atoms with Gasteiger partial charge in [0.15, 0.2) is 5.82 Å². The van der Waals surface area contributed by atoms with Crippen molar-refractivity contribution >= 4 is 28.0 Å². The number of hydrogen-bond acceptors (Lipinski definition) is 7. The maximum Gasteiger partial charge on any atom is 0.264 e. The summed E-state index contributed by atoms with van der Waals surface area (Å²) in [7, 11) is 1.89. The third kappa shape index (κ3) is 5.14. The first kappa shape index (κ1) is 26.8. The molecule has 6 aromatic rings. The van der Waals surface area contributed by atoms with Crippen LogP contribution in [0.25, 0.3) is 22.0 Å². The van der Waals surface area contributed by atoms with Crippen molar-refractivity contribution in [2.24, 2.45) is 12.8 Å². The lowest BCUT2D eigenvalue weighted by molar-refractivity contribution is 0.100. The Labute approximate surface area is 235 Å². The first-order valence-electron chi connectivity index (χ1n) is 12.8. The van der Waals surface area contributed by atoms with Gasteiger partial charge in [0.2, 0.25) is 0 Å². The van der Waals surface area contributed by atoms with Crippen LogP contribution in [-0.4, -0.2) is 40.3 Å². The van der Waals surface area contributed by atoms with Gasteiger partial charge < -0.3 is 11.5 Å². The largest absolute Gasteiger partial charge is 0.381 e. The summed E-state index contributed by atoms with van der Waals surface area (Å²) in [6, 6.07) is 19.3. The van der Waals surface area contributed by atoms with Crippen LogP contribution in [0.2, 0.25) is 0 Å². The summed E-state index contributed by atoms with van der Waals surface area (Å²) < 4.78 is 4.75. The van der Waals surface area contributed by atoms with E-state index in [0.29, 0.717) is 10.9 Å². The molecular weight excluding hydrogens is 518 g/mol. The second kappa shape index (κ2) is 11.2. The number of pyridine rings is 1. The molecule has 4 aromatic heterocycles. The minimum atomic E-state index is -0.625. The van der Waals surface area contributed by atoms with Crippen molar-refractivity contribution < 1.29 is 4.79 Å². The van der Waals surface area contributed by atoms with Crippen molar-refractivity contribution in [2.45, 2.75) is 20.3 Å². The van der Waals surface area contributed by atoms with E-state index in [1.807, 2.05) is 62.5 Å². The number of benzene rings is 2.